The first-order chi connectivity index (χ1) is 9.11. The van der Waals surface area contributed by atoms with Crippen molar-refractivity contribution >= 4 is 23.8 Å². The van der Waals surface area contributed by atoms with Gasteiger partial charge < -0.3 is 20.5 Å². The van der Waals surface area contributed by atoms with Crippen molar-refractivity contribution in [1.82, 2.24) is 10.6 Å². The number of hydrogen-bond acceptors (Lipinski definition) is 4. The fraction of sp³-hybridized carbons (Fsp3) is 0.833. The highest BCUT2D eigenvalue weighted by Crippen LogP contribution is 2.03. The summed E-state index contributed by atoms with van der Waals surface area (Å²) in [5.41, 5.74) is 0. The summed E-state index contributed by atoms with van der Waals surface area (Å²) >= 11 is 1.84. The molecule has 0 aromatic heterocycles. The zero-order valence-electron chi connectivity index (χ0n) is 11.6. The van der Waals surface area contributed by atoms with Gasteiger partial charge in [-0.05, 0) is 24.9 Å². The smallest absolute Gasteiger partial charge is 0.334 e. The number of aliphatic carboxylic acids is 1. The number of thioether (sulfide) groups is 1. The third-order valence-electron chi connectivity index (χ3n) is 2.57. The maximum Gasteiger partial charge on any atom is 0.334 e. The quantitative estimate of drug-likeness (QED) is 0.500. The number of urea groups is 1. The Bertz CT molecular complexity index is 264. The second-order valence-corrected chi connectivity index (χ2v) is 5.09. The molecule has 0 saturated heterocycles. The van der Waals surface area contributed by atoms with E-state index in [0.29, 0.717) is 6.54 Å². The Morgan fingerprint density at radius 1 is 1.21 bits per heavy atom. The van der Waals surface area contributed by atoms with Gasteiger partial charge in [-0.1, -0.05) is 12.8 Å². The molecule has 6 nitrogen and oxygen atoms in total. The van der Waals surface area contributed by atoms with E-state index in [1.165, 1.54) is 25.7 Å². The summed E-state index contributed by atoms with van der Waals surface area (Å²) < 4.78 is 4.70. The molecule has 0 aromatic rings. The van der Waals surface area contributed by atoms with Gasteiger partial charge in [0.1, 0.15) is 0 Å². The van der Waals surface area contributed by atoms with E-state index in [4.69, 9.17) is 9.84 Å². The normalized spacial score (nSPS) is 11.9. The molecule has 112 valence electrons. The van der Waals surface area contributed by atoms with E-state index in [2.05, 4.69) is 16.9 Å². The molecule has 0 aliphatic rings. The molecule has 0 heterocycles. The zero-order chi connectivity index (χ0) is 14.5. The summed E-state index contributed by atoms with van der Waals surface area (Å²) in [6, 6.07) is -0.354. The Labute approximate surface area is 118 Å². The molecule has 0 aliphatic carbocycles. The summed E-state index contributed by atoms with van der Waals surface area (Å²) in [7, 11) is 1.30. The molecular weight excluding hydrogens is 268 g/mol. The highest BCUT2D eigenvalue weighted by atomic mass is 32.2. The monoisotopic (exact) mass is 292 g/mol. The second-order valence-electron chi connectivity index (χ2n) is 4.11. The van der Waals surface area contributed by atoms with Crippen molar-refractivity contribution in [3.8, 4) is 0 Å². The summed E-state index contributed by atoms with van der Waals surface area (Å²) in [5, 5.41) is 13.9. The molecule has 3 N–H and O–H groups in total. The minimum absolute atomic E-state index is 0.0363. The first-order valence-electron chi connectivity index (χ1n) is 6.38. The number of carboxylic acid groups (broad SMARTS) is 1. The number of amides is 2. The molecule has 0 aliphatic heterocycles. The van der Waals surface area contributed by atoms with E-state index >= 15 is 0 Å². The third-order valence-corrected chi connectivity index (χ3v) is 3.27. The molecular formula is C12H24N2O4S. The van der Waals surface area contributed by atoms with E-state index in [1.54, 1.807) is 0 Å². The van der Waals surface area contributed by atoms with Crippen molar-refractivity contribution < 1.29 is 19.4 Å². The van der Waals surface area contributed by atoms with Crippen molar-refractivity contribution in [3.63, 3.8) is 0 Å². The van der Waals surface area contributed by atoms with Gasteiger partial charge in [-0.2, -0.15) is 11.8 Å². The van der Waals surface area contributed by atoms with Crippen molar-refractivity contribution in [2.24, 2.45) is 0 Å². The Morgan fingerprint density at radius 2 is 1.89 bits per heavy atom. The number of carbonyl (C=O) groups is 2. The summed E-state index contributed by atoms with van der Waals surface area (Å²) in [4.78, 5) is 22.0. The lowest BCUT2D eigenvalue weighted by Crippen LogP contribution is -2.43. The lowest BCUT2D eigenvalue weighted by Gasteiger charge is -2.12. The van der Waals surface area contributed by atoms with Crippen LogP contribution in [-0.4, -0.2) is 55.4 Å². The van der Waals surface area contributed by atoms with Crippen LogP contribution in [0.15, 0.2) is 0 Å². The van der Waals surface area contributed by atoms with E-state index in [0.717, 1.165) is 12.8 Å². The van der Waals surface area contributed by atoms with E-state index in [1.807, 2.05) is 11.8 Å². The van der Waals surface area contributed by atoms with Crippen LogP contribution >= 0.6 is 11.8 Å². The predicted octanol–water partition coefficient (Wildman–Crippen LogP) is 1.31. The number of hydrogen-bond donors (Lipinski definition) is 3. The molecule has 0 spiro atoms. The van der Waals surface area contributed by atoms with Crippen LogP contribution in [0.2, 0.25) is 0 Å². The summed E-state index contributed by atoms with van der Waals surface area (Å²) in [6.45, 7) is 0.571. The minimum atomic E-state index is -1.09. The summed E-state index contributed by atoms with van der Waals surface area (Å²) in [6.07, 6.45) is 5.51. The first-order valence-corrected chi connectivity index (χ1v) is 7.77. The van der Waals surface area contributed by atoms with Crippen LogP contribution in [0.25, 0.3) is 0 Å². The highest BCUT2D eigenvalue weighted by Gasteiger charge is 2.16. The van der Waals surface area contributed by atoms with Crippen molar-refractivity contribution in [2.75, 3.05) is 32.2 Å². The van der Waals surface area contributed by atoms with Gasteiger partial charge in [-0.25, -0.2) is 9.59 Å². The lowest BCUT2D eigenvalue weighted by atomic mass is 10.2. The standard InChI is InChI=1S/C12H24N2O4S/c1-18-10(11(15)16)9-14-12(17)13-7-5-3-4-6-8-19-2/h10H,3-9H2,1-2H3,(H,15,16)(H2,13,14,17). The van der Waals surface area contributed by atoms with Gasteiger partial charge in [0, 0.05) is 13.7 Å². The molecule has 1 unspecified atom stereocenters. The van der Waals surface area contributed by atoms with Gasteiger partial charge in [0.2, 0.25) is 0 Å². The van der Waals surface area contributed by atoms with E-state index < -0.39 is 12.1 Å². The number of unbranched alkanes of at least 4 members (excludes halogenated alkanes) is 3. The van der Waals surface area contributed by atoms with E-state index in [9.17, 15) is 9.59 Å². The van der Waals surface area contributed by atoms with Crippen molar-refractivity contribution in [2.45, 2.75) is 31.8 Å². The van der Waals surface area contributed by atoms with Gasteiger partial charge in [0.25, 0.3) is 0 Å². The third kappa shape index (κ3) is 10.6. The molecule has 0 aromatic carbocycles. The average Bonchev–Trinajstić information content (AvgIpc) is 2.38. The molecule has 0 fully saturated rings. The van der Waals surface area contributed by atoms with Gasteiger partial charge in [0.15, 0.2) is 6.10 Å². The Morgan fingerprint density at radius 3 is 2.47 bits per heavy atom. The van der Waals surface area contributed by atoms with Crippen LogP contribution in [0.5, 0.6) is 0 Å². The molecule has 0 saturated carbocycles. The number of carbonyl (C=O) groups excluding carboxylic acids is 1. The molecule has 7 heteroatoms. The predicted molar refractivity (Wildman–Crippen MR) is 76.7 cm³/mol. The fourth-order valence-corrected chi connectivity index (χ4v) is 1.94. The van der Waals surface area contributed by atoms with E-state index in [-0.39, 0.29) is 12.6 Å². The van der Waals surface area contributed by atoms with Crippen LogP contribution in [-0.2, 0) is 9.53 Å². The van der Waals surface area contributed by atoms with Gasteiger partial charge in [0.05, 0.1) is 6.54 Å². The molecule has 2 amide bonds. The number of rotatable bonds is 11. The SMILES string of the molecule is COC(CNC(=O)NCCCCCCSC)C(=O)O. The Balaban J connectivity index is 3.46. The number of carboxylic acids is 1. The van der Waals surface area contributed by atoms with Crippen LogP contribution < -0.4 is 10.6 Å². The molecule has 0 radical (unpaired) electrons. The second kappa shape index (κ2) is 12.1. The molecule has 0 rings (SSSR count). The highest BCUT2D eigenvalue weighted by molar-refractivity contribution is 7.98. The van der Waals surface area contributed by atoms with Crippen LogP contribution in [0.3, 0.4) is 0 Å². The maximum atomic E-state index is 11.3. The van der Waals surface area contributed by atoms with Gasteiger partial charge in [-0.15, -0.1) is 0 Å². The van der Waals surface area contributed by atoms with Crippen LogP contribution in [0, 0.1) is 0 Å². The first kappa shape index (κ1) is 18.0. The van der Waals surface area contributed by atoms with Crippen molar-refractivity contribution in [3.05, 3.63) is 0 Å². The number of methoxy groups -OCH3 is 1. The van der Waals surface area contributed by atoms with Crippen LogP contribution in [0.4, 0.5) is 4.79 Å². The Kier molecular flexibility index (Phi) is 11.5. The number of nitrogens with one attached hydrogen (secondary N) is 2. The zero-order valence-corrected chi connectivity index (χ0v) is 12.4. The van der Waals surface area contributed by atoms with Gasteiger partial charge in [-0.3, -0.25) is 0 Å². The minimum Gasteiger partial charge on any atom is -0.479 e. The molecule has 0 bridgehead atoms. The molecule has 19 heavy (non-hydrogen) atoms. The topological polar surface area (TPSA) is 87.7 Å². The summed E-state index contributed by atoms with van der Waals surface area (Å²) in [5.74, 6) is 0.0956. The van der Waals surface area contributed by atoms with Crippen molar-refractivity contribution in [1.29, 1.82) is 0 Å². The molecule has 1 atom stereocenters. The Hall–Kier alpha value is -0.950. The van der Waals surface area contributed by atoms with Crippen LogP contribution in [0.1, 0.15) is 25.7 Å². The average molecular weight is 292 g/mol. The number of ether oxygens (including phenoxy) is 1. The van der Waals surface area contributed by atoms with Gasteiger partial charge >= 0.3 is 12.0 Å². The maximum absolute atomic E-state index is 11.3. The largest absolute Gasteiger partial charge is 0.479 e. The lowest BCUT2D eigenvalue weighted by molar-refractivity contribution is -0.147. The fourth-order valence-electron chi connectivity index (χ4n) is 1.45.